The molecule has 2 atom stereocenters. The Morgan fingerprint density at radius 3 is 2.26 bits per heavy atom. The molecular weight excluding hydrogens is 483 g/mol. The number of carbonyl (C=O) groups excluding carboxylic acids is 2. The highest BCUT2D eigenvalue weighted by molar-refractivity contribution is 6.30. The fraction of sp³-hybridized carbons (Fsp3) is 0.286. The molecule has 0 radical (unpaired) electrons. The second-order valence-corrected chi connectivity index (χ2v) is 9.29. The molecule has 0 aliphatic rings. The zero-order valence-electron chi connectivity index (χ0n) is 19.9. The summed E-state index contributed by atoms with van der Waals surface area (Å²) in [6.45, 7) is 3.95. The lowest BCUT2D eigenvalue weighted by atomic mass is 10.0. The van der Waals surface area contributed by atoms with E-state index in [-0.39, 0.29) is 31.0 Å². The molecular formula is C28H30Cl2N2O3. The van der Waals surface area contributed by atoms with E-state index in [1.54, 1.807) is 41.3 Å². The monoisotopic (exact) mass is 512 g/mol. The number of carbonyl (C=O) groups is 2. The number of hydrogen-bond acceptors (Lipinski definition) is 3. The second kappa shape index (κ2) is 13.2. The minimum absolute atomic E-state index is 0.0192. The van der Waals surface area contributed by atoms with Gasteiger partial charge in [0.15, 0.2) is 6.61 Å². The van der Waals surface area contributed by atoms with Crippen molar-refractivity contribution >= 4 is 35.0 Å². The van der Waals surface area contributed by atoms with Crippen LogP contribution < -0.4 is 10.1 Å². The maximum Gasteiger partial charge on any atom is 0.261 e. The molecule has 0 fully saturated rings. The molecule has 0 heterocycles. The van der Waals surface area contributed by atoms with Crippen molar-refractivity contribution in [2.75, 3.05) is 6.61 Å². The first-order valence-corrected chi connectivity index (χ1v) is 12.4. The van der Waals surface area contributed by atoms with E-state index in [1.165, 1.54) is 0 Å². The van der Waals surface area contributed by atoms with Crippen LogP contribution >= 0.6 is 23.2 Å². The van der Waals surface area contributed by atoms with Crippen molar-refractivity contribution in [1.82, 2.24) is 10.2 Å². The van der Waals surface area contributed by atoms with Crippen molar-refractivity contribution in [3.63, 3.8) is 0 Å². The molecule has 0 saturated heterocycles. The van der Waals surface area contributed by atoms with Crippen LogP contribution in [0.1, 0.15) is 31.4 Å². The highest BCUT2D eigenvalue weighted by atomic mass is 35.5. The van der Waals surface area contributed by atoms with E-state index in [4.69, 9.17) is 27.9 Å². The summed E-state index contributed by atoms with van der Waals surface area (Å²) in [6, 6.07) is 23.0. The summed E-state index contributed by atoms with van der Waals surface area (Å²) < 4.78 is 5.74. The summed E-state index contributed by atoms with van der Waals surface area (Å²) in [5.41, 5.74) is 1.78. The van der Waals surface area contributed by atoms with Crippen molar-refractivity contribution in [3.8, 4) is 5.75 Å². The first-order valence-electron chi connectivity index (χ1n) is 11.6. The zero-order chi connectivity index (χ0) is 25.2. The number of nitrogens with zero attached hydrogens (tertiary/aromatic N) is 1. The van der Waals surface area contributed by atoms with Crippen molar-refractivity contribution in [3.05, 3.63) is 100 Å². The maximum absolute atomic E-state index is 13.5. The lowest BCUT2D eigenvalue weighted by Gasteiger charge is -2.32. The van der Waals surface area contributed by atoms with Gasteiger partial charge in [-0.3, -0.25) is 9.59 Å². The predicted octanol–water partition coefficient (Wildman–Crippen LogP) is 5.93. The number of hydrogen-bond donors (Lipinski definition) is 1. The SMILES string of the molecule is CC[C@@H](C)NC(=O)[C@H](Cc1ccccc1)N(Cc1cccc(Cl)c1)C(=O)COc1ccc(Cl)cc1. The molecule has 1 N–H and O–H groups in total. The lowest BCUT2D eigenvalue weighted by Crippen LogP contribution is -2.53. The van der Waals surface area contributed by atoms with Gasteiger partial charge in [0.05, 0.1) is 0 Å². The number of rotatable bonds is 11. The standard InChI is InChI=1S/C28H30Cl2N2O3/c1-3-20(2)31-28(34)26(17-21-8-5-4-6-9-21)32(18-22-10-7-11-24(30)16-22)27(33)19-35-25-14-12-23(29)13-15-25/h4-16,20,26H,3,17-19H2,1-2H3,(H,31,34)/t20-,26+/m1/s1. The van der Waals surface area contributed by atoms with Gasteiger partial charge in [-0.1, -0.05) is 72.6 Å². The van der Waals surface area contributed by atoms with Crippen LogP contribution in [0.25, 0.3) is 0 Å². The second-order valence-electron chi connectivity index (χ2n) is 8.42. The Labute approximate surface area is 217 Å². The number of amides is 2. The summed E-state index contributed by atoms with van der Waals surface area (Å²) in [7, 11) is 0. The largest absolute Gasteiger partial charge is 0.484 e. The van der Waals surface area contributed by atoms with Gasteiger partial charge in [-0.15, -0.1) is 0 Å². The Morgan fingerprint density at radius 2 is 1.60 bits per heavy atom. The van der Waals surface area contributed by atoms with E-state index in [0.717, 1.165) is 17.5 Å². The molecule has 5 nitrogen and oxygen atoms in total. The van der Waals surface area contributed by atoms with Crippen molar-refractivity contribution in [1.29, 1.82) is 0 Å². The fourth-order valence-corrected chi connectivity index (χ4v) is 3.92. The van der Waals surface area contributed by atoms with Gasteiger partial charge >= 0.3 is 0 Å². The first kappa shape index (κ1) is 26.6. The van der Waals surface area contributed by atoms with Crippen LogP contribution in [-0.2, 0) is 22.6 Å². The Bertz CT molecular complexity index is 1110. The van der Waals surface area contributed by atoms with Crippen molar-refractivity contribution in [2.24, 2.45) is 0 Å². The van der Waals surface area contributed by atoms with Crippen molar-refractivity contribution in [2.45, 2.75) is 45.3 Å². The average Bonchev–Trinajstić information content (AvgIpc) is 2.86. The Balaban J connectivity index is 1.90. The number of benzene rings is 3. The Morgan fingerprint density at radius 1 is 0.914 bits per heavy atom. The summed E-state index contributed by atoms with van der Waals surface area (Å²) in [4.78, 5) is 28.5. The molecule has 0 bridgehead atoms. The first-order chi connectivity index (χ1) is 16.9. The summed E-state index contributed by atoms with van der Waals surface area (Å²) in [5.74, 6) is 0.0133. The van der Waals surface area contributed by atoms with Crippen LogP contribution in [0.4, 0.5) is 0 Å². The fourth-order valence-electron chi connectivity index (χ4n) is 3.59. The molecule has 3 aromatic carbocycles. The Hall–Kier alpha value is -3.02. The van der Waals surface area contributed by atoms with Gasteiger partial charge in [0.25, 0.3) is 5.91 Å². The van der Waals surface area contributed by atoms with E-state index in [9.17, 15) is 9.59 Å². The van der Waals surface area contributed by atoms with E-state index >= 15 is 0 Å². The summed E-state index contributed by atoms with van der Waals surface area (Å²) >= 11 is 12.2. The van der Waals surface area contributed by atoms with Crippen LogP contribution in [0.3, 0.4) is 0 Å². The van der Waals surface area contributed by atoms with Gasteiger partial charge < -0.3 is 15.0 Å². The van der Waals surface area contributed by atoms with Gasteiger partial charge in [0.1, 0.15) is 11.8 Å². The van der Waals surface area contributed by atoms with Crippen LogP contribution in [0.15, 0.2) is 78.9 Å². The highest BCUT2D eigenvalue weighted by Gasteiger charge is 2.31. The van der Waals surface area contributed by atoms with Crippen molar-refractivity contribution < 1.29 is 14.3 Å². The molecule has 0 unspecified atom stereocenters. The predicted molar refractivity (Wildman–Crippen MR) is 141 cm³/mol. The highest BCUT2D eigenvalue weighted by Crippen LogP contribution is 2.19. The molecule has 2 amide bonds. The third-order valence-corrected chi connectivity index (χ3v) is 6.18. The van der Waals surface area contributed by atoms with E-state index in [1.807, 2.05) is 56.3 Å². The van der Waals surface area contributed by atoms with Gasteiger partial charge in [-0.25, -0.2) is 0 Å². The minimum atomic E-state index is -0.730. The number of nitrogens with one attached hydrogen (secondary N) is 1. The molecule has 0 aliphatic heterocycles. The number of ether oxygens (including phenoxy) is 1. The van der Waals surface area contributed by atoms with Gasteiger partial charge in [-0.2, -0.15) is 0 Å². The minimum Gasteiger partial charge on any atom is -0.484 e. The Kier molecular flexibility index (Phi) is 10.0. The molecule has 0 aromatic heterocycles. The van der Waals surface area contributed by atoms with Gasteiger partial charge in [-0.05, 0) is 60.9 Å². The van der Waals surface area contributed by atoms with Crippen LogP contribution in [-0.4, -0.2) is 35.4 Å². The third-order valence-electron chi connectivity index (χ3n) is 5.69. The lowest BCUT2D eigenvalue weighted by molar-refractivity contribution is -0.143. The maximum atomic E-state index is 13.5. The molecule has 184 valence electrons. The zero-order valence-corrected chi connectivity index (χ0v) is 21.4. The van der Waals surface area contributed by atoms with Gasteiger partial charge in [0.2, 0.25) is 5.91 Å². The number of halogens is 2. The molecule has 7 heteroatoms. The summed E-state index contributed by atoms with van der Waals surface area (Å²) in [6.07, 6.45) is 1.15. The van der Waals surface area contributed by atoms with Gasteiger partial charge in [0, 0.05) is 29.1 Å². The average molecular weight is 513 g/mol. The molecule has 0 spiro atoms. The smallest absolute Gasteiger partial charge is 0.261 e. The van der Waals surface area contributed by atoms with E-state index in [2.05, 4.69) is 5.32 Å². The van der Waals surface area contributed by atoms with Crippen LogP contribution in [0, 0.1) is 0 Å². The normalized spacial score (nSPS) is 12.5. The molecule has 0 saturated carbocycles. The molecule has 3 rings (SSSR count). The van der Waals surface area contributed by atoms with E-state index in [0.29, 0.717) is 22.2 Å². The molecule has 35 heavy (non-hydrogen) atoms. The third kappa shape index (κ3) is 8.30. The quantitative estimate of drug-likeness (QED) is 0.346. The van der Waals surface area contributed by atoms with Crippen LogP contribution in [0.5, 0.6) is 5.75 Å². The van der Waals surface area contributed by atoms with E-state index < -0.39 is 6.04 Å². The van der Waals surface area contributed by atoms with Crippen LogP contribution in [0.2, 0.25) is 10.0 Å². The molecule has 3 aromatic rings. The summed E-state index contributed by atoms with van der Waals surface area (Å²) in [5, 5.41) is 4.19. The molecule has 0 aliphatic carbocycles. The topological polar surface area (TPSA) is 58.6 Å².